The lowest BCUT2D eigenvalue weighted by molar-refractivity contribution is 0.408. The molecule has 0 saturated carbocycles. The molecular weight excluding hydrogens is 350 g/mol. The topological polar surface area (TPSA) is 21.3 Å². The number of ether oxygens (including phenoxy) is 1. The van der Waals surface area contributed by atoms with Crippen LogP contribution in [0.4, 0.5) is 0 Å². The molecule has 0 bridgehead atoms. The summed E-state index contributed by atoms with van der Waals surface area (Å²) in [5, 5.41) is 4.09. The summed E-state index contributed by atoms with van der Waals surface area (Å²) in [6.07, 6.45) is 0. The molecule has 0 fully saturated rings. The molecule has 0 aliphatic heterocycles. The van der Waals surface area contributed by atoms with Crippen molar-refractivity contribution < 1.29 is 4.74 Å². The second-order valence-corrected chi connectivity index (χ2v) is 6.40. The summed E-state index contributed by atoms with van der Waals surface area (Å²) in [5.41, 5.74) is 4.49. The van der Waals surface area contributed by atoms with Gasteiger partial charge in [-0.15, -0.1) is 0 Å². The zero-order chi connectivity index (χ0) is 15.6. The van der Waals surface area contributed by atoms with Crippen LogP contribution in [0.25, 0.3) is 0 Å². The number of benzene rings is 2. The van der Waals surface area contributed by atoms with E-state index in [1.165, 1.54) is 5.56 Å². The third-order valence-electron chi connectivity index (χ3n) is 3.58. The maximum atomic E-state index is 6.40. The van der Waals surface area contributed by atoms with Crippen LogP contribution < -0.4 is 10.1 Å². The molecule has 0 spiro atoms. The van der Waals surface area contributed by atoms with Crippen molar-refractivity contribution in [2.75, 3.05) is 14.2 Å². The number of aryl methyl sites for hydroxylation is 2. The highest BCUT2D eigenvalue weighted by atomic mass is 79.9. The molecule has 2 aromatic rings. The van der Waals surface area contributed by atoms with Crippen LogP contribution in [-0.2, 0) is 0 Å². The molecule has 1 unspecified atom stereocenters. The molecule has 2 rings (SSSR count). The Morgan fingerprint density at radius 3 is 2.24 bits per heavy atom. The number of nitrogens with one attached hydrogen (secondary N) is 1. The van der Waals surface area contributed by atoms with Gasteiger partial charge in [0.05, 0.1) is 13.2 Å². The summed E-state index contributed by atoms with van der Waals surface area (Å²) in [4.78, 5) is 0. The van der Waals surface area contributed by atoms with E-state index in [1.54, 1.807) is 7.11 Å². The molecule has 1 atom stereocenters. The number of rotatable bonds is 4. The fourth-order valence-corrected chi connectivity index (χ4v) is 3.49. The molecule has 0 aliphatic carbocycles. The van der Waals surface area contributed by atoms with E-state index in [0.717, 1.165) is 31.9 Å². The van der Waals surface area contributed by atoms with Crippen LogP contribution >= 0.6 is 27.5 Å². The highest BCUT2D eigenvalue weighted by molar-refractivity contribution is 9.10. The van der Waals surface area contributed by atoms with Crippen molar-refractivity contribution in [3.8, 4) is 5.75 Å². The van der Waals surface area contributed by atoms with Crippen LogP contribution in [0.2, 0.25) is 5.02 Å². The van der Waals surface area contributed by atoms with Gasteiger partial charge in [0.25, 0.3) is 0 Å². The molecule has 4 heteroatoms. The van der Waals surface area contributed by atoms with Crippen molar-refractivity contribution in [2.24, 2.45) is 0 Å². The van der Waals surface area contributed by atoms with Crippen molar-refractivity contribution >= 4 is 27.5 Å². The molecule has 0 saturated heterocycles. The molecule has 0 aliphatic rings. The van der Waals surface area contributed by atoms with Crippen molar-refractivity contribution in [3.63, 3.8) is 0 Å². The third-order valence-corrected chi connectivity index (χ3v) is 4.40. The van der Waals surface area contributed by atoms with E-state index in [2.05, 4.69) is 47.2 Å². The molecule has 1 N–H and O–H groups in total. The van der Waals surface area contributed by atoms with Gasteiger partial charge >= 0.3 is 0 Å². The molecule has 0 radical (unpaired) electrons. The van der Waals surface area contributed by atoms with Crippen molar-refractivity contribution in [1.82, 2.24) is 5.32 Å². The van der Waals surface area contributed by atoms with Gasteiger partial charge in [0.2, 0.25) is 0 Å². The van der Waals surface area contributed by atoms with Gasteiger partial charge < -0.3 is 10.1 Å². The van der Waals surface area contributed by atoms with Crippen LogP contribution in [-0.4, -0.2) is 14.2 Å². The first-order chi connectivity index (χ1) is 9.97. The lowest BCUT2D eigenvalue weighted by Crippen LogP contribution is -2.18. The van der Waals surface area contributed by atoms with Gasteiger partial charge in [0.1, 0.15) is 5.75 Å². The zero-order valence-electron chi connectivity index (χ0n) is 12.6. The van der Waals surface area contributed by atoms with Crippen LogP contribution in [0.15, 0.2) is 34.8 Å². The van der Waals surface area contributed by atoms with Gasteiger partial charge in [0, 0.05) is 9.50 Å². The summed E-state index contributed by atoms with van der Waals surface area (Å²) in [6.45, 7) is 4.12. The van der Waals surface area contributed by atoms with E-state index in [9.17, 15) is 0 Å². The Kier molecular flexibility index (Phi) is 5.31. The zero-order valence-corrected chi connectivity index (χ0v) is 15.0. The van der Waals surface area contributed by atoms with E-state index in [4.69, 9.17) is 16.3 Å². The Balaban J connectivity index is 2.51. The quantitative estimate of drug-likeness (QED) is 0.816. The standard InChI is InChI=1S/C17H19BrClNO/c1-10-7-12(8-11(2)17(10)21-4)16(20-3)14-6-5-13(18)9-15(14)19/h5-9,16,20H,1-4H3. The summed E-state index contributed by atoms with van der Waals surface area (Å²) in [7, 11) is 3.65. The normalized spacial score (nSPS) is 12.3. The average Bonchev–Trinajstić information content (AvgIpc) is 2.41. The van der Waals surface area contributed by atoms with Crippen LogP contribution in [0, 0.1) is 13.8 Å². The monoisotopic (exact) mass is 367 g/mol. The third kappa shape index (κ3) is 3.42. The second kappa shape index (κ2) is 6.82. The smallest absolute Gasteiger partial charge is 0.124 e. The fraction of sp³-hybridized carbons (Fsp3) is 0.294. The van der Waals surface area contributed by atoms with E-state index in [1.807, 2.05) is 25.2 Å². The largest absolute Gasteiger partial charge is 0.496 e. The Bertz CT molecular complexity index is 634. The van der Waals surface area contributed by atoms with E-state index in [-0.39, 0.29) is 6.04 Å². The Hall–Kier alpha value is -1.03. The number of methoxy groups -OCH3 is 1. The van der Waals surface area contributed by atoms with Gasteiger partial charge in [-0.1, -0.05) is 45.7 Å². The molecule has 0 aromatic heterocycles. The molecule has 112 valence electrons. The van der Waals surface area contributed by atoms with E-state index < -0.39 is 0 Å². The minimum absolute atomic E-state index is 0.0499. The molecule has 0 amide bonds. The number of halogens is 2. The first-order valence-electron chi connectivity index (χ1n) is 6.75. The summed E-state index contributed by atoms with van der Waals surface area (Å²) < 4.78 is 6.42. The molecule has 0 heterocycles. The minimum Gasteiger partial charge on any atom is -0.496 e. The first kappa shape index (κ1) is 16.3. The van der Waals surface area contributed by atoms with Crippen molar-refractivity contribution in [1.29, 1.82) is 0 Å². The first-order valence-corrected chi connectivity index (χ1v) is 7.92. The van der Waals surface area contributed by atoms with Gasteiger partial charge in [0.15, 0.2) is 0 Å². The highest BCUT2D eigenvalue weighted by Gasteiger charge is 2.17. The molecular formula is C17H19BrClNO. The van der Waals surface area contributed by atoms with Crippen LogP contribution in [0.3, 0.4) is 0 Å². The Morgan fingerprint density at radius 2 is 1.76 bits per heavy atom. The summed E-state index contributed by atoms with van der Waals surface area (Å²) in [6, 6.07) is 10.3. The molecule has 2 nitrogen and oxygen atoms in total. The van der Waals surface area contributed by atoms with Gasteiger partial charge in [-0.25, -0.2) is 0 Å². The highest BCUT2D eigenvalue weighted by Crippen LogP contribution is 2.33. The van der Waals surface area contributed by atoms with E-state index in [0.29, 0.717) is 0 Å². The SMILES string of the molecule is CNC(c1cc(C)c(OC)c(C)c1)c1ccc(Br)cc1Cl. The summed E-state index contributed by atoms with van der Waals surface area (Å²) in [5.74, 6) is 0.940. The number of hydrogen-bond donors (Lipinski definition) is 1. The molecule has 2 aromatic carbocycles. The van der Waals surface area contributed by atoms with Crippen molar-refractivity contribution in [2.45, 2.75) is 19.9 Å². The maximum Gasteiger partial charge on any atom is 0.124 e. The maximum absolute atomic E-state index is 6.40. The van der Waals surface area contributed by atoms with Gasteiger partial charge in [-0.3, -0.25) is 0 Å². The fourth-order valence-electron chi connectivity index (χ4n) is 2.71. The van der Waals surface area contributed by atoms with E-state index >= 15 is 0 Å². The number of hydrogen-bond acceptors (Lipinski definition) is 2. The van der Waals surface area contributed by atoms with Crippen molar-refractivity contribution in [3.05, 3.63) is 62.1 Å². The molecule has 21 heavy (non-hydrogen) atoms. The second-order valence-electron chi connectivity index (χ2n) is 5.08. The van der Waals surface area contributed by atoms with Crippen LogP contribution in [0.5, 0.6) is 5.75 Å². The minimum atomic E-state index is 0.0499. The van der Waals surface area contributed by atoms with Crippen LogP contribution in [0.1, 0.15) is 28.3 Å². The predicted octanol–water partition coefficient (Wildman–Crippen LogP) is 5.04. The Labute approximate surface area is 139 Å². The Morgan fingerprint density at radius 1 is 1.14 bits per heavy atom. The lowest BCUT2D eigenvalue weighted by Gasteiger charge is -2.21. The average molecular weight is 369 g/mol. The predicted molar refractivity (Wildman–Crippen MR) is 92.5 cm³/mol. The summed E-state index contributed by atoms with van der Waals surface area (Å²) >= 11 is 9.84. The van der Waals surface area contributed by atoms with Gasteiger partial charge in [-0.05, 0) is 55.3 Å². The lowest BCUT2D eigenvalue weighted by atomic mass is 9.95. The van der Waals surface area contributed by atoms with Gasteiger partial charge in [-0.2, -0.15) is 0 Å².